The van der Waals surface area contributed by atoms with Crippen LogP contribution in [0.4, 0.5) is 21.7 Å². The Morgan fingerprint density at radius 3 is 2.90 bits per heavy atom. The van der Waals surface area contributed by atoms with Gasteiger partial charge in [-0.05, 0) is 47.5 Å². The second kappa shape index (κ2) is 9.73. The largest absolute Gasteiger partial charge is 0.404 e. The third-order valence-electron chi connectivity index (χ3n) is 5.39. The van der Waals surface area contributed by atoms with E-state index in [9.17, 15) is 9.50 Å². The van der Waals surface area contributed by atoms with Gasteiger partial charge in [0.25, 0.3) is 0 Å². The zero-order valence-corrected chi connectivity index (χ0v) is 17.2. The molecular formula is C21H29FN8O. The molecule has 10 heteroatoms. The topological polar surface area (TPSA) is 174 Å². The van der Waals surface area contributed by atoms with Gasteiger partial charge in [0.05, 0.1) is 12.2 Å². The number of nitrogens with one attached hydrogen (secondary N) is 2. The molecule has 1 saturated heterocycles. The molecular weight excluding hydrogens is 399 g/mol. The quantitative estimate of drug-likeness (QED) is 0.192. The zero-order valence-electron chi connectivity index (χ0n) is 17.2. The number of anilines is 3. The van der Waals surface area contributed by atoms with E-state index < -0.39 is 11.8 Å². The first-order chi connectivity index (χ1) is 14.9. The Hall–Kier alpha value is -3.21. The Balaban J connectivity index is 1.71. The van der Waals surface area contributed by atoms with Gasteiger partial charge in [0.15, 0.2) is 5.82 Å². The van der Waals surface area contributed by atoms with E-state index in [1.807, 2.05) is 6.07 Å². The maximum atomic E-state index is 14.4. The van der Waals surface area contributed by atoms with Crippen molar-refractivity contribution in [1.82, 2.24) is 10.3 Å². The summed E-state index contributed by atoms with van der Waals surface area (Å²) >= 11 is 0. The van der Waals surface area contributed by atoms with Crippen LogP contribution < -0.4 is 33.8 Å². The number of hydrazine groups is 1. The Kier molecular flexibility index (Phi) is 7.06. The van der Waals surface area contributed by atoms with Crippen LogP contribution in [0, 0.1) is 0 Å². The lowest BCUT2D eigenvalue weighted by Crippen LogP contribution is -2.49. The maximum absolute atomic E-state index is 14.4. The standard InChI is InChI=1S/C21H29FN8O/c22-17-12-27-5-4-21(17,31)16-3-1-2-13(7-16)10-28-11-14(9-23)6-15-8-18(24)29-20(30-26)19(15)25/h1-3,7-9,11,17,27,31H,4-6,10,12,23,25-26H2,(H3,24,29,30). The molecule has 1 fully saturated rings. The van der Waals surface area contributed by atoms with Crippen LogP contribution in [0.25, 0.3) is 0 Å². The lowest BCUT2D eigenvalue weighted by Gasteiger charge is -2.36. The molecule has 0 spiro atoms. The number of nitrogen functional groups attached to an aromatic ring is 3. The lowest BCUT2D eigenvalue weighted by atomic mass is 9.83. The zero-order chi connectivity index (χ0) is 22.4. The molecule has 1 aliphatic rings. The van der Waals surface area contributed by atoms with Crippen molar-refractivity contribution in [3.63, 3.8) is 0 Å². The number of rotatable bonds is 7. The summed E-state index contributed by atoms with van der Waals surface area (Å²) in [7, 11) is 0. The van der Waals surface area contributed by atoms with Crippen LogP contribution in [-0.4, -0.2) is 35.6 Å². The average Bonchev–Trinajstić information content (AvgIpc) is 2.77. The van der Waals surface area contributed by atoms with Crippen LogP contribution in [0.2, 0.25) is 0 Å². The molecule has 11 N–H and O–H groups in total. The van der Waals surface area contributed by atoms with Crippen LogP contribution in [-0.2, 0) is 18.6 Å². The number of nitrogens with zero attached hydrogens (tertiary/aromatic N) is 2. The van der Waals surface area contributed by atoms with Crippen molar-refractivity contribution >= 4 is 23.5 Å². The predicted octanol–water partition coefficient (Wildman–Crippen LogP) is 0.707. The normalized spacial score (nSPS) is 22.0. The molecule has 1 aromatic heterocycles. The summed E-state index contributed by atoms with van der Waals surface area (Å²) in [5.41, 5.74) is 21.8. The number of allylic oxidation sites excluding steroid dienone is 1. The summed E-state index contributed by atoms with van der Waals surface area (Å²) in [6, 6.07) is 8.88. The Morgan fingerprint density at radius 1 is 1.39 bits per heavy atom. The number of nitrogens with two attached hydrogens (primary N) is 4. The van der Waals surface area contributed by atoms with E-state index in [1.165, 1.54) is 6.20 Å². The predicted molar refractivity (Wildman–Crippen MR) is 122 cm³/mol. The number of alkyl halides is 1. The fraction of sp³-hybridized carbons (Fsp3) is 0.333. The van der Waals surface area contributed by atoms with Gasteiger partial charge >= 0.3 is 0 Å². The molecule has 2 aromatic rings. The van der Waals surface area contributed by atoms with Crippen LogP contribution >= 0.6 is 0 Å². The number of hydrogen-bond donors (Lipinski definition) is 7. The minimum atomic E-state index is -1.49. The number of aromatic nitrogens is 1. The number of aliphatic hydroxyl groups is 1. The molecule has 2 atom stereocenters. The molecule has 31 heavy (non-hydrogen) atoms. The molecule has 166 valence electrons. The summed E-state index contributed by atoms with van der Waals surface area (Å²) in [5.74, 6) is 6.00. The molecule has 1 aliphatic heterocycles. The summed E-state index contributed by atoms with van der Waals surface area (Å²) in [6.07, 6.45) is 2.44. The Bertz CT molecular complexity index is 980. The third-order valence-corrected chi connectivity index (χ3v) is 5.39. The highest BCUT2D eigenvalue weighted by atomic mass is 19.1. The molecule has 3 rings (SSSR count). The SMILES string of the molecule is NC=C(C=NCc1cccc(C2(O)CCNCC2F)c1)Cc1cc(N)nc(NN)c1N. The molecule has 0 amide bonds. The second-order valence-corrected chi connectivity index (χ2v) is 7.55. The molecule has 0 saturated carbocycles. The van der Waals surface area contributed by atoms with Gasteiger partial charge in [-0.3, -0.25) is 4.99 Å². The Labute approximate surface area is 180 Å². The number of pyridine rings is 1. The van der Waals surface area contributed by atoms with Crippen molar-refractivity contribution in [2.75, 3.05) is 30.0 Å². The molecule has 1 aromatic carbocycles. The molecule has 2 unspecified atom stereocenters. The van der Waals surface area contributed by atoms with E-state index in [4.69, 9.17) is 23.0 Å². The van der Waals surface area contributed by atoms with Crippen molar-refractivity contribution < 1.29 is 9.50 Å². The van der Waals surface area contributed by atoms with Crippen molar-refractivity contribution in [3.8, 4) is 0 Å². The fourth-order valence-electron chi connectivity index (χ4n) is 3.62. The summed E-state index contributed by atoms with van der Waals surface area (Å²) < 4.78 is 14.4. The molecule has 0 bridgehead atoms. The smallest absolute Gasteiger partial charge is 0.165 e. The summed E-state index contributed by atoms with van der Waals surface area (Å²) in [4.78, 5) is 8.47. The number of hydrogen-bond acceptors (Lipinski definition) is 9. The van der Waals surface area contributed by atoms with E-state index in [2.05, 4.69) is 20.7 Å². The van der Waals surface area contributed by atoms with Gasteiger partial charge in [0, 0.05) is 19.2 Å². The van der Waals surface area contributed by atoms with E-state index >= 15 is 0 Å². The molecule has 0 aliphatic carbocycles. The second-order valence-electron chi connectivity index (χ2n) is 7.55. The molecule has 9 nitrogen and oxygen atoms in total. The van der Waals surface area contributed by atoms with Crippen LogP contribution in [0.3, 0.4) is 0 Å². The summed E-state index contributed by atoms with van der Waals surface area (Å²) in [6.45, 7) is 1.04. The number of piperidine rings is 1. The minimum Gasteiger partial charge on any atom is -0.404 e. The van der Waals surface area contributed by atoms with Crippen molar-refractivity contribution in [2.45, 2.75) is 31.2 Å². The first kappa shape index (κ1) is 22.5. The van der Waals surface area contributed by atoms with E-state index in [-0.39, 0.29) is 12.4 Å². The minimum absolute atomic E-state index is 0.133. The third kappa shape index (κ3) is 5.10. The van der Waals surface area contributed by atoms with Crippen molar-refractivity contribution in [2.24, 2.45) is 16.6 Å². The molecule has 0 radical (unpaired) electrons. The highest BCUT2D eigenvalue weighted by Gasteiger charge is 2.40. The fourth-order valence-corrected chi connectivity index (χ4v) is 3.62. The van der Waals surface area contributed by atoms with Gasteiger partial charge in [-0.2, -0.15) is 0 Å². The van der Waals surface area contributed by atoms with Gasteiger partial charge in [-0.15, -0.1) is 0 Å². The maximum Gasteiger partial charge on any atom is 0.165 e. The first-order valence-electron chi connectivity index (χ1n) is 9.96. The lowest BCUT2D eigenvalue weighted by molar-refractivity contribution is -0.0608. The van der Waals surface area contributed by atoms with E-state index in [1.54, 1.807) is 30.5 Å². The van der Waals surface area contributed by atoms with Crippen LogP contribution in [0.1, 0.15) is 23.1 Å². The highest BCUT2D eigenvalue weighted by Crippen LogP contribution is 2.33. The summed E-state index contributed by atoms with van der Waals surface area (Å²) in [5, 5.41) is 13.8. The van der Waals surface area contributed by atoms with Crippen LogP contribution in [0.15, 0.2) is 47.1 Å². The monoisotopic (exact) mass is 428 g/mol. The highest BCUT2D eigenvalue weighted by molar-refractivity contribution is 5.80. The van der Waals surface area contributed by atoms with Gasteiger partial charge in [-0.25, -0.2) is 15.2 Å². The van der Waals surface area contributed by atoms with Crippen molar-refractivity contribution in [1.29, 1.82) is 0 Å². The van der Waals surface area contributed by atoms with Gasteiger partial charge < -0.3 is 33.1 Å². The average molecular weight is 429 g/mol. The number of halogens is 1. The van der Waals surface area contributed by atoms with Gasteiger partial charge in [0.1, 0.15) is 17.6 Å². The first-order valence-corrected chi connectivity index (χ1v) is 9.96. The van der Waals surface area contributed by atoms with E-state index in [0.717, 1.165) is 11.1 Å². The van der Waals surface area contributed by atoms with E-state index in [0.29, 0.717) is 48.6 Å². The van der Waals surface area contributed by atoms with Gasteiger partial charge in [0.2, 0.25) is 0 Å². The van der Waals surface area contributed by atoms with Crippen LogP contribution in [0.5, 0.6) is 0 Å². The Morgan fingerprint density at radius 2 is 2.19 bits per heavy atom. The number of aliphatic imine (C=N–C) groups is 1. The molecule has 2 heterocycles. The van der Waals surface area contributed by atoms with Gasteiger partial charge in [-0.1, -0.05) is 24.3 Å². The van der Waals surface area contributed by atoms with Crippen molar-refractivity contribution in [3.05, 3.63) is 58.8 Å². The number of benzene rings is 1.